The first-order valence-electron chi connectivity index (χ1n) is 9.04. The number of hydrogen-bond acceptors (Lipinski definition) is 5. The monoisotopic (exact) mass is 395 g/mol. The number of benzene rings is 2. The van der Waals surface area contributed by atoms with Crippen molar-refractivity contribution in [2.45, 2.75) is 20.0 Å². The molecule has 0 saturated carbocycles. The summed E-state index contributed by atoms with van der Waals surface area (Å²) in [6.45, 7) is 2.27. The van der Waals surface area contributed by atoms with Crippen molar-refractivity contribution in [3.05, 3.63) is 80.6 Å². The molecule has 2 aromatic carbocycles. The average molecular weight is 395 g/mol. The summed E-state index contributed by atoms with van der Waals surface area (Å²) >= 11 is 0. The van der Waals surface area contributed by atoms with Gasteiger partial charge < -0.3 is 10.2 Å². The minimum atomic E-state index is -0.900. The van der Waals surface area contributed by atoms with Crippen molar-refractivity contribution in [1.82, 2.24) is 14.3 Å². The van der Waals surface area contributed by atoms with Gasteiger partial charge in [-0.15, -0.1) is 5.10 Å². The lowest BCUT2D eigenvalue weighted by atomic mass is 10.2. The molecule has 3 aromatic rings. The van der Waals surface area contributed by atoms with Gasteiger partial charge in [-0.2, -0.15) is 0 Å². The second kappa shape index (κ2) is 7.34. The van der Waals surface area contributed by atoms with Crippen LogP contribution in [0.5, 0.6) is 0 Å². The quantitative estimate of drug-likeness (QED) is 0.679. The second-order valence-corrected chi connectivity index (χ2v) is 6.73. The van der Waals surface area contributed by atoms with Gasteiger partial charge in [0.2, 0.25) is 11.9 Å². The fourth-order valence-corrected chi connectivity index (χ4v) is 3.19. The predicted molar refractivity (Wildman–Crippen MR) is 106 cm³/mol. The first-order valence-corrected chi connectivity index (χ1v) is 9.04. The third kappa shape index (κ3) is 3.54. The van der Waals surface area contributed by atoms with Gasteiger partial charge in [0.25, 0.3) is 0 Å². The molecule has 2 heterocycles. The molecule has 9 heteroatoms. The molecule has 0 spiro atoms. The molecule has 1 aliphatic heterocycles. The number of carbonyl (C=O) groups excluding carboxylic acids is 1. The van der Waals surface area contributed by atoms with E-state index in [4.69, 9.17) is 0 Å². The van der Waals surface area contributed by atoms with Crippen molar-refractivity contribution in [2.24, 2.45) is 0 Å². The van der Waals surface area contributed by atoms with Crippen molar-refractivity contribution >= 4 is 23.2 Å². The standard InChI is InChI=1S/C20H18FN5O3/c1-13-6-8-14(9-7-13)24-10-11-25-18(28)19(29)26(23-20(24)25)12-17(27)22-16-5-3-2-4-15(16)21/h2-9H,10-12H2,1H3,(H,22,27). The molecule has 1 aliphatic rings. The highest BCUT2D eigenvalue weighted by Crippen LogP contribution is 2.26. The zero-order valence-corrected chi connectivity index (χ0v) is 15.6. The molecular weight excluding hydrogens is 377 g/mol. The van der Waals surface area contributed by atoms with Gasteiger partial charge >= 0.3 is 11.1 Å². The van der Waals surface area contributed by atoms with Gasteiger partial charge in [-0.3, -0.25) is 19.0 Å². The SMILES string of the molecule is Cc1ccc(N2CCn3c2nn(CC(=O)Nc2ccccc2F)c(=O)c3=O)cc1. The fourth-order valence-electron chi connectivity index (χ4n) is 3.19. The van der Waals surface area contributed by atoms with Crippen molar-refractivity contribution in [3.63, 3.8) is 0 Å². The van der Waals surface area contributed by atoms with E-state index in [1.807, 2.05) is 36.1 Å². The largest absolute Gasteiger partial charge is 0.333 e. The van der Waals surface area contributed by atoms with E-state index in [0.29, 0.717) is 13.1 Å². The Kier molecular flexibility index (Phi) is 4.71. The number of nitrogens with one attached hydrogen (secondary N) is 1. The van der Waals surface area contributed by atoms with Gasteiger partial charge in [0.05, 0.1) is 5.69 Å². The van der Waals surface area contributed by atoms with E-state index < -0.39 is 29.4 Å². The number of para-hydroxylation sites is 1. The lowest BCUT2D eigenvalue weighted by Crippen LogP contribution is -2.44. The Morgan fingerprint density at radius 1 is 1.07 bits per heavy atom. The van der Waals surface area contributed by atoms with Gasteiger partial charge in [-0.05, 0) is 31.2 Å². The van der Waals surface area contributed by atoms with Crippen LogP contribution in [0.3, 0.4) is 0 Å². The highest BCUT2D eigenvalue weighted by atomic mass is 19.1. The molecule has 1 N–H and O–H groups in total. The zero-order valence-electron chi connectivity index (χ0n) is 15.6. The smallest absolute Gasteiger partial charge is 0.322 e. The Morgan fingerprint density at radius 3 is 2.52 bits per heavy atom. The second-order valence-electron chi connectivity index (χ2n) is 6.73. The average Bonchev–Trinajstić information content (AvgIpc) is 3.12. The molecule has 0 aliphatic carbocycles. The first-order chi connectivity index (χ1) is 13.9. The summed E-state index contributed by atoms with van der Waals surface area (Å²) in [6, 6.07) is 13.4. The van der Waals surface area contributed by atoms with Crippen LogP contribution in [-0.4, -0.2) is 26.8 Å². The molecule has 148 valence electrons. The maximum atomic E-state index is 13.7. The van der Waals surface area contributed by atoms with Gasteiger partial charge in [-0.25, -0.2) is 9.07 Å². The molecule has 0 bridgehead atoms. The molecular formula is C20H18FN5O3. The maximum Gasteiger partial charge on any atom is 0.333 e. The van der Waals surface area contributed by atoms with Crippen molar-refractivity contribution in [1.29, 1.82) is 0 Å². The molecule has 0 fully saturated rings. The van der Waals surface area contributed by atoms with Crippen LogP contribution in [0.2, 0.25) is 0 Å². The highest BCUT2D eigenvalue weighted by Gasteiger charge is 2.26. The third-order valence-corrected chi connectivity index (χ3v) is 4.69. The first kappa shape index (κ1) is 18.6. The summed E-state index contributed by atoms with van der Waals surface area (Å²) in [5.41, 5.74) is 0.263. The number of nitrogens with zero attached hydrogens (tertiary/aromatic N) is 4. The lowest BCUT2D eigenvalue weighted by molar-refractivity contribution is -0.117. The van der Waals surface area contributed by atoms with Crippen LogP contribution in [0, 0.1) is 12.7 Å². The molecule has 0 atom stereocenters. The topological polar surface area (TPSA) is 89.2 Å². The number of rotatable bonds is 4. The molecule has 8 nitrogen and oxygen atoms in total. The van der Waals surface area contributed by atoms with E-state index >= 15 is 0 Å². The molecule has 1 aromatic heterocycles. The number of carbonyl (C=O) groups is 1. The van der Waals surface area contributed by atoms with Gasteiger partial charge in [0, 0.05) is 18.8 Å². The third-order valence-electron chi connectivity index (χ3n) is 4.69. The Hall–Kier alpha value is -3.75. The van der Waals surface area contributed by atoms with Crippen molar-refractivity contribution in [2.75, 3.05) is 16.8 Å². The number of fused-ring (bicyclic) bond motifs is 1. The van der Waals surface area contributed by atoms with Crippen LogP contribution >= 0.6 is 0 Å². The summed E-state index contributed by atoms with van der Waals surface area (Å²) in [6.07, 6.45) is 0. The molecule has 0 saturated heterocycles. The number of hydrogen-bond donors (Lipinski definition) is 1. The van der Waals surface area contributed by atoms with Crippen LogP contribution in [0.1, 0.15) is 5.56 Å². The van der Waals surface area contributed by atoms with Crippen molar-refractivity contribution < 1.29 is 9.18 Å². The predicted octanol–water partition coefficient (Wildman–Crippen LogP) is 1.64. The van der Waals surface area contributed by atoms with E-state index in [-0.39, 0.29) is 11.6 Å². The van der Waals surface area contributed by atoms with E-state index in [9.17, 15) is 18.8 Å². The van der Waals surface area contributed by atoms with Crippen LogP contribution < -0.4 is 21.3 Å². The van der Waals surface area contributed by atoms with E-state index in [1.165, 1.54) is 22.8 Å². The molecule has 1 amide bonds. The number of halogens is 1. The normalized spacial score (nSPS) is 12.7. The number of amides is 1. The van der Waals surface area contributed by atoms with Gasteiger partial charge in [0.1, 0.15) is 12.4 Å². The minimum absolute atomic E-state index is 0.00953. The number of aryl methyl sites for hydroxylation is 1. The lowest BCUT2D eigenvalue weighted by Gasteiger charge is -2.18. The number of aromatic nitrogens is 3. The maximum absolute atomic E-state index is 13.7. The van der Waals surface area contributed by atoms with E-state index in [2.05, 4.69) is 10.4 Å². The summed E-state index contributed by atoms with van der Waals surface area (Å²) < 4.78 is 15.8. The van der Waals surface area contributed by atoms with Gasteiger partial charge in [-0.1, -0.05) is 29.8 Å². The molecule has 4 rings (SSSR count). The molecule has 0 radical (unpaired) electrons. The van der Waals surface area contributed by atoms with Gasteiger partial charge in [0.15, 0.2) is 0 Å². The molecule has 0 unspecified atom stereocenters. The highest BCUT2D eigenvalue weighted by molar-refractivity contribution is 5.90. The fraction of sp³-hybridized carbons (Fsp3) is 0.200. The Bertz CT molecular complexity index is 1200. The van der Waals surface area contributed by atoms with Crippen LogP contribution in [0.15, 0.2) is 58.1 Å². The summed E-state index contributed by atoms with van der Waals surface area (Å²) in [5, 5.41) is 6.62. The number of anilines is 3. The minimum Gasteiger partial charge on any atom is -0.322 e. The molecule has 29 heavy (non-hydrogen) atoms. The van der Waals surface area contributed by atoms with E-state index in [1.54, 1.807) is 6.07 Å². The summed E-state index contributed by atoms with van der Waals surface area (Å²) in [7, 11) is 0. The van der Waals surface area contributed by atoms with Crippen LogP contribution in [-0.2, 0) is 17.9 Å². The Balaban J connectivity index is 1.65. The van der Waals surface area contributed by atoms with Crippen LogP contribution in [0.4, 0.5) is 21.7 Å². The van der Waals surface area contributed by atoms with E-state index in [0.717, 1.165) is 15.9 Å². The Morgan fingerprint density at radius 2 is 1.79 bits per heavy atom. The zero-order chi connectivity index (χ0) is 20.5. The Labute approximate surface area is 164 Å². The summed E-state index contributed by atoms with van der Waals surface area (Å²) in [4.78, 5) is 38.9. The van der Waals surface area contributed by atoms with Crippen molar-refractivity contribution in [3.8, 4) is 0 Å². The van der Waals surface area contributed by atoms with Crippen LogP contribution in [0.25, 0.3) is 0 Å². The summed E-state index contributed by atoms with van der Waals surface area (Å²) in [5.74, 6) is -0.966.